The lowest BCUT2D eigenvalue weighted by Gasteiger charge is -2.41. The van der Waals surface area contributed by atoms with Crippen molar-refractivity contribution in [3.05, 3.63) is 24.8 Å². The first-order chi connectivity index (χ1) is 12.3. The summed E-state index contributed by atoms with van der Waals surface area (Å²) >= 11 is 0. The lowest BCUT2D eigenvalue weighted by Crippen LogP contribution is -2.29. The van der Waals surface area contributed by atoms with E-state index in [1.807, 2.05) is 0 Å². The normalized spacial score (nSPS) is 40.2. The molecule has 0 aliphatic heterocycles. The van der Waals surface area contributed by atoms with Crippen LogP contribution >= 0.6 is 0 Å². The molecule has 142 valence electrons. The summed E-state index contributed by atoms with van der Waals surface area (Å²) in [6.07, 6.45) is 27.7. The van der Waals surface area contributed by atoms with Crippen molar-refractivity contribution in [1.82, 2.24) is 0 Å². The van der Waals surface area contributed by atoms with Gasteiger partial charge in [0.15, 0.2) is 0 Å². The van der Waals surface area contributed by atoms with Crippen molar-refractivity contribution >= 4 is 0 Å². The van der Waals surface area contributed by atoms with Gasteiger partial charge in [0.1, 0.15) is 0 Å². The molecular formula is C25H42. The summed E-state index contributed by atoms with van der Waals surface area (Å²) in [5.41, 5.74) is 0. The molecule has 0 unspecified atom stereocenters. The van der Waals surface area contributed by atoms with E-state index in [0.717, 1.165) is 35.5 Å². The van der Waals surface area contributed by atoms with E-state index in [1.165, 1.54) is 51.4 Å². The minimum absolute atomic E-state index is 0.829. The van der Waals surface area contributed by atoms with Gasteiger partial charge in [-0.1, -0.05) is 31.1 Å². The van der Waals surface area contributed by atoms with Gasteiger partial charge < -0.3 is 0 Å². The van der Waals surface area contributed by atoms with E-state index < -0.39 is 0 Å². The molecule has 0 atom stereocenters. The van der Waals surface area contributed by atoms with Gasteiger partial charge in [-0.05, 0) is 119 Å². The van der Waals surface area contributed by atoms with Crippen molar-refractivity contribution in [2.75, 3.05) is 0 Å². The van der Waals surface area contributed by atoms with Gasteiger partial charge in [-0.15, -0.1) is 6.58 Å². The molecule has 0 nitrogen and oxygen atoms in total. The molecule has 0 heterocycles. The fraction of sp³-hybridized carbons (Fsp3) is 0.840. The topological polar surface area (TPSA) is 0 Å². The highest BCUT2D eigenvalue weighted by molar-refractivity contribution is 4.89. The Morgan fingerprint density at radius 2 is 1.12 bits per heavy atom. The minimum Gasteiger partial charge on any atom is -0.103 e. The molecule has 3 fully saturated rings. The zero-order valence-corrected chi connectivity index (χ0v) is 16.8. The van der Waals surface area contributed by atoms with Crippen LogP contribution in [0.3, 0.4) is 0 Å². The smallest absolute Gasteiger partial charge is 0.0236 e. The molecule has 3 saturated carbocycles. The van der Waals surface area contributed by atoms with Crippen molar-refractivity contribution in [2.45, 2.75) is 96.8 Å². The van der Waals surface area contributed by atoms with E-state index in [0.29, 0.717) is 0 Å². The Kier molecular flexibility index (Phi) is 7.68. The van der Waals surface area contributed by atoms with Crippen molar-refractivity contribution in [3.63, 3.8) is 0 Å². The number of hydrogen-bond acceptors (Lipinski definition) is 0. The maximum absolute atomic E-state index is 4.01. The van der Waals surface area contributed by atoms with Crippen molar-refractivity contribution in [1.29, 1.82) is 0 Å². The zero-order valence-electron chi connectivity index (χ0n) is 16.8. The maximum Gasteiger partial charge on any atom is -0.0236 e. The molecule has 0 N–H and O–H groups in total. The quantitative estimate of drug-likeness (QED) is 0.430. The summed E-state index contributed by atoms with van der Waals surface area (Å²) in [7, 11) is 0. The molecule has 25 heavy (non-hydrogen) atoms. The monoisotopic (exact) mass is 342 g/mol. The Labute approximate surface area is 157 Å². The second-order valence-electron chi connectivity index (χ2n) is 9.51. The predicted molar refractivity (Wildman–Crippen MR) is 111 cm³/mol. The lowest BCUT2D eigenvalue weighted by atomic mass is 9.65. The van der Waals surface area contributed by atoms with E-state index in [2.05, 4.69) is 31.7 Å². The third-order valence-corrected chi connectivity index (χ3v) is 8.17. The Morgan fingerprint density at radius 1 is 0.680 bits per heavy atom. The first-order valence-corrected chi connectivity index (χ1v) is 11.5. The Morgan fingerprint density at radius 3 is 1.56 bits per heavy atom. The summed E-state index contributed by atoms with van der Waals surface area (Å²) in [6, 6.07) is 0. The van der Waals surface area contributed by atoms with E-state index in [4.69, 9.17) is 0 Å². The number of hydrogen-bond donors (Lipinski definition) is 0. The first kappa shape index (κ1) is 19.2. The van der Waals surface area contributed by atoms with E-state index in [-0.39, 0.29) is 0 Å². The fourth-order valence-corrected chi connectivity index (χ4v) is 6.39. The maximum atomic E-state index is 4.01. The molecule has 0 aromatic rings. The van der Waals surface area contributed by atoms with Gasteiger partial charge in [0.25, 0.3) is 0 Å². The van der Waals surface area contributed by atoms with Crippen molar-refractivity contribution < 1.29 is 0 Å². The van der Waals surface area contributed by atoms with E-state index >= 15 is 0 Å². The molecule has 0 aromatic heterocycles. The zero-order chi connectivity index (χ0) is 17.5. The Balaban J connectivity index is 1.35. The van der Waals surface area contributed by atoms with Crippen LogP contribution in [0.2, 0.25) is 0 Å². The minimum atomic E-state index is 0.829. The van der Waals surface area contributed by atoms with Gasteiger partial charge >= 0.3 is 0 Å². The van der Waals surface area contributed by atoms with Crippen LogP contribution in [0.15, 0.2) is 24.8 Å². The fourth-order valence-electron chi connectivity index (χ4n) is 6.39. The lowest BCUT2D eigenvalue weighted by molar-refractivity contribution is 0.107. The van der Waals surface area contributed by atoms with Crippen LogP contribution in [-0.4, -0.2) is 0 Å². The molecule has 3 aliphatic carbocycles. The van der Waals surface area contributed by atoms with Gasteiger partial charge in [-0.3, -0.25) is 0 Å². The third kappa shape index (κ3) is 5.48. The van der Waals surface area contributed by atoms with Crippen LogP contribution in [0.1, 0.15) is 96.8 Å². The van der Waals surface area contributed by atoms with E-state index in [1.54, 1.807) is 38.5 Å². The second-order valence-corrected chi connectivity index (χ2v) is 9.51. The Bertz CT molecular complexity index is 396. The first-order valence-electron chi connectivity index (χ1n) is 11.5. The number of rotatable bonds is 6. The van der Waals surface area contributed by atoms with Gasteiger partial charge in [-0.25, -0.2) is 0 Å². The van der Waals surface area contributed by atoms with Gasteiger partial charge in [-0.2, -0.15) is 0 Å². The summed E-state index contributed by atoms with van der Waals surface area (Å²) in [6.45, 7) is 6.16. The molecule has 0 radical (unpaired) electrons. The SMILES string of the molecule is C=CC1CCC(C2CCC(C3CCC(CC/C=C/C)CC3)CC2)CC1. The predicted octanol–water partition coefficient (Wildman–Crippen LogP) is 7.95. The van der Waals surface area contributed by atoms with Gasteiger partial charge in [0.2, 0.25) is 0 Å². The molecule has 3 aliphatic rings. The van der Waals surface area contributed by atoms with Crippen LogP contribution in [0.25, 0.3) is 0 Å². The van der Waals surface area contributed by atoms with Crippen LogP contribution in [0, 0.1) is 35.5 Å². The van der Waals surface area contributed by atoms with Crippen LogP contribution < -0.4 is 0 Å². The molecular weight excluding hydrogens is 300 g/mol. The summed E-state index contributed by atoms with van der Waals surface area (Å²) < 4.78 is 0. The largest absolute Gasteiger partial charge is 0.103 e. The Hall–Kier alpha value is -0.520. The summed E-state index contributed by atoms with van der Waals surface area (Å²) in [4.78, 5) is 0. The van der Waals surface area contributed by atoms with Gasteiger partial charge in [0, 0.05) is 0 Å². The number of allylic oxidation sites excluding steroid dienone is 3. The van der Waals surface area contributed by atoms with Crippen LogP contribution in [0.5, 0.6) is 0 Å². The average Bonchev–Trinajstić information content (AvgIpc) is 2.69. The molecule has 0 bridgehead atoms. The standard InChI is InChI=1S/C25H42/c1-3-5-6-7-21-10-14-23(15-11-21)25-18-16-24(17-19-25)22-12-8-20(4-2)9-13-22/h3-5,20-25H,2,6-19H2,1H3/b5-3+. The summed E-state index contributed by atoms with van der Waals surface area (Å²) in [5.74, 6) is 6.14. The van der Waals surface area contributed by atoms with E-state index in [9.17, 15) is 0 Å². The summed E-state index contributed by atoms with van der Waals surface area (Å²) in [5, 5.41) is 0. The van der Waals surface area contributed by atoms with Gasteiger partial charge in [0.05, 0.1) is 0 Å². The van der Waals surface area contributed by atoms with Crippen LogP contribution in [-0.2, 0) is 0 Å². The molecule has 0 aromatic carbocycles. The second kappa shape index (κ2) is 9.98. The highest BCUT2D eigenvalue weighted by Gasteiger charge is 2.34. The third-order valence-electron chi connectivity index (χ3n) is 8.17. The molecule has 0 spiro atoms. The van der Waals surface area contributed by atoms with Crippen molar-refractivity contribution in [3.8, 4) is 0 Å². The van der Waals surface area contributed by atoms with Crippen LogP contribution in [0.4, 0.5) is 0 Å². The molecule has 0 amide bonds. The van der Waals surface area contributed by atoms with Crippen molar-refractivity contribution in [2.24, 2.45) is 35.5 Å². The highest BCUT2D eigenvalue weighted by atomic mass is 14.4. The molecule has 0 heteroatoms. The average molecular weight is 343 g/mol. The molecule has 0 saturated heterocycles. The highest BCUT2D eigenvalue weighted by Crippen LogP contribution is 2.46. The molecule has 3 rings (SSSR count).